The molecule has 2 aliphatic heterocycles. The van der Waals surface area contributed by atoms with E-state index >= 15 is 0 Å². The molecule has 0 aliphatic carbocycles. The minimum Gasteiger partial charge on any atom is -0.444 e. The van der Waals surface area contributed by atoms with Crippen LogP contribution in [0.25, 0.3) is 0 Å². The number of anilines is 1. The van der Waals surface area contributed by atoms with E-state index < -0.39 is 36.1 Å². The summed E-state index contributed by atoms with van der Waals surface area (Å²) in [4.78, 5) is 35.6. The number of rotatable bonds is 6. The topological polar surface area (TPSA) is 115 Å². The maximum Gasteiger partial charge on any atom is 0.498 e. The van der Waals surface area contributed by atoms with E-state index in [2.05, 4.69) is 20.6 Å². The smallest absolute Gasteiger partial charge is 0.444 e. The number of hydrogen-bond donors (Lipinski definition) is 2. The van der Waals surface area contributed by atoms with Gasteiger partial charge in [-0.15, -0.1) is 0 Å². The second-order valence-corrected chi connectivity index (χ2v) is 11.0. The predicted molar refractivity (Wildman–Crippen MR) is 130 cm³/mol. The zero-order valence-electron chi connectivity index (χ0n) is 21.6. The summed E-state index contributed by atoms with van der Waals surface area (Å²) in [7, 11) is -0.513. The molecule has 2 amide bonds. The number of nitrogens with one attached hydrogen (secondary N) is 2. The van der Waals surface area contributed by atoms with Gasteiger partial charge in [0.25, 0.3) is 0 Å². The van der Waals surface area contributed by atoms with Crippen LogP contribution >= 0.6 is 0 Å². The first kappa shape index (κ1) is 26.2. The highest BCUT2D eigenvalue weighted by atomic mass is 16.7. The van der Waals surface area contributed by atoms with Gasteiger partial charge in [0.2, 0.25) is 11.9 Å². The normalized spacial score (nSPS) is 22.4. The summed E-state index contributed by atoms with van der Waals surface area (Å²) >= 11 is 0. The molecule has 3 rings (SSSR count). The Hall–Kier alpha value is -2.40. The van der Waals surface area contributed by atoms with Crippen molar-refractivity contribution in [2.45, 2.75) is 97.1 Å². The van der Waals surface area contributed by atoms with Crippen molar-refractivity contribution in [2.75, 3.05) is 18.4 Å². The maximum atomic E-state index is 12.9. The highest BCUT2D eigenvalue weighted by molar-refractivity contribution is 6.61. The SMILES string of the molecule is C[C@H](NC(=O)OC(C)(C)C)C(=O)N1CCC[C@H]1CNc1ncc(B2OC(C)(C)C(C)(C)O2)cn1. The summed E-state index contributed by atoms with van der Waals surface area (Å²) in [6.45, 7) is 16.2. The van der Waals surface area contributed by atoms with Crippen molar-refractivity contribution in [1.82, 2.24) is 20.2 Å². The number of amides is 2. The van der Waals surface area contributed by atoms with Crippen LogP contribution in [0.15, 0.2) is 12.4 Å². The van der Waals surface area contributed by atoms with Gasteiger partial charge in [0.05, 0.1) is 11.2 Å². The lowest BCUT2D eigenvalue weighted by atomic mass is 9.81. The fourth-order valence-corrected chi connectivity index (χ4v) is 3.87. The lowest BCUT2D eigenvalue weighted by Crippen LogP contribution is -2.50. The Labute approximate surface area is 202 Å². The van der Waals surface area contributed by atoms with E-state index in [4.69, 9.17) is 14.0 Å². The molecule has 2 saturated heterocycles. The first-order chi connectivity index (χ1) is 15.7. The largest absolute Gasteiger partial charge is 0.498 e. The van der Waals surface area contributed by atoms with Crippen molar-refractivity contribution < 1.29 is 23.6 Å². The number of hydrogen-bond acceptors (Lipinski definition) is 8. The number of alkyl carbamates (subject to hydrolysis) is 1. The van der Waals surface area contributed by atoms with Crippen molar-refractivity contribution in [1.29, 1.82) is 0 Å². The lowest BCUT2D eigenvalue weighted by molar-refractivity contribution is -0.133. The highest BCUT2D eigenvalue weighted by Crippen LogP contribution is 2.36. The Bertz CT molecular complexity index is 871. The van der Waals surface area contributed by atoms with Crippen LogP contribution in [0, 0.1) is 0 Å². The van der Waals surface area contributed by atoms with Crippen LogP contribution in [-0.4, -0.2) is 76.0 Å². The van der Waals surface area contributed by atoms with E-state index in [0.717, 1.165) is 18.3 Å². The van der Waals surface area contributed by atoms with Gasteiger partial charge in [0.1, 0.15) is 11.6 Å². The molecule has 2 aliphatic rings. The third kappa shape index (κ3) is 6.18. The number of likely N-dealkylation sites (tertiary alicyclic amines) is 1. The van der Waals surface area contributed by atoms with Crippen LogP contribution in [0.4, 0.5) is 10.7 Å². The molecule has 34 heavy (non-hydrogen) atoms. The van der Waals surface area contributed by atoms with E-state index in [1.807, 2.05) is 27.7 Å². The molecule has 0 spiro atoms. The molecule has 10 nitrogen and oxygen atoms in total. The third-order valence-electron chi connectivity index (χ3n) is 6.46. The van der Waals surface area contributed by atoms with Crippen LogP contribution < -0.4 is 16.1 Å². The Balaban J connectivity index is 1.53. The molecule has 2 N–H and O–H groups in total. The van der Waals surface area contributed by atoms with Crippen molar-refractivity contribution in [3.63, 3.8) is 0 Å². The number of nitrogens with zero attached hydrogens (tertiary/aromatic N) is 3. The molecule has 2 fully saturated rings. The highest BCUT2D eigenvalue weighted by Gasteiger charge is 2.52. The van der Waals surface area contributed by atoms with Gasteiger partial charge in [-0.1, -0.05) is 0 Å². The van der Waals surface area contributed by atoms with Crippen LogP contribution in [-0.2, 0) is 18.8 Å². The quantitative estimate of drug-likeness (QED) is 0.602. The molecule has 11 heteroatoms. The fraction of sp³-hybridized carbons (Fsp3) is 0.739. The molecule has 1 aromatic rings. The molecular weight excluding hydrogens is 437 g/mol. The molecule has 188 valence electrons. The van der Waals surface area contributed by atoms with Crippen LogP contribution in [0.3, 0.4) is 0 Å². The standard InChI is InChI=1S/C23H38BN5O5/c1-15(28-20(31)32-21(2,3)4)18(30)29-11-9-10-17(29)14-27-19-25-12-16(13-26-19)24-33-22(5,6)23(7,8)34-24/h12-13,15,17H,9-11,14H2,1-8H3,(H,28,31)(H,25,26,27)/t15-,17-/m0/s1. The molecule has 0 bridgehead atoms. The Morgan fingerprint density at radius 3 is 2.35 bits per heavy atom. The van der Waals surface area contributed by atoms with Gasteiger partial charge in [-0.05, 0) is 68.2 Å². The average Bonchev–Trinajstić information content (AvgIpc) is 3.26. The van der Waals surface area contributed by atoms with Crippen molar-refractivity contribution in [3.8, 4) is 0 Å². The summed E-state index contributed by atoms with van der Waals surface area (Å²) in [5, 5.41) is 5.85. The van der Waals surface area contributed by atoms with Gasteiger partial charge in [0.15, 0.2) is 0 Å². The van der Waals surface area contributed by atoms with Gasteiger partial charge < -0.3 is 29.6 Å². The summed E-state index contributed by atoms with van der Waals surface area (Å²) in [6, 6.07) is -0.687. The zero-order valence-corrected chi connectivity index (χ0v) is 21.6. The third-order valence-corrected chi connectivity index (χ3v) is 6.46. The van der Waals surface area contributed by atoms with E-state index in [1.54, 1.807) is 45.0 Å². The summed E-state index contributed by atoms with van der Waals surface area (Å²) in [5.41, 5.74) is -0.723. The van der Waals surface area contributed by atoms with Gasteiger partial charge in [0, 0.05) is 37.0 Å². The number of carbonyl (C=O) groups is 2. The van der Waals surface area contributed by atoms with Gasteiger partial charge >= 0.3 is 13.2 Å². The second-order valence-electron chi connectivity index (χ2n) is 11.0. The van der Waals surface area contributed by atoms with Crippen LogP contribution in [0.1, 0.15) is 68.2 Å². The summed E-state index contributed by atoms with van der Waals surface area (Å²) in [5.74, 6) is 0.340. The monoisotopic (exact) mass is 475 g/mol. The van der Waals surface area contributed by atoms with Gasteiger partial charge in [-0.25, -0.2) is 14.8 Å². The molecule has 0 radical (unpaired) electrons. The number of ether oxygens (including phenoxy) is 1. The Morgan fingerprint density at radius 2 is 1.79 bits per heavy atom. The van der Waals surface area contributed by atoms with E-state index in [9.17, 15) is 9.59 Å². The van der Waals surface area contributed by atoms with Gasteiger partial charge in [-0.2, -0.15) is 0 Å². The first-order valence-electron chi connectivity index (χ1n) is 11.9. The van der Waals surface area contributed by atoms with Crippen molar-refractivity contribution >= 4 is 30.5 Å². The first-order valence-corrected chi connectivity index (χ1v) is 11.9. The van der Waals surface area contributed by atoms with Crippen molar-refractivity contribution in [3.05, 3.63) is 12.4 Å². The van der Waals surface area contributed by atoms with Crippen LogP contribution in [0.5, 0.6) is 0 Å². The summed E-state index contributed by atoms with van der Waals surface area (Å²) < 4.78 is 17.3. The average molecular weight is 475 g/mol. The molecule has 0 aromatic carbocycles. The second kappa shape index (κ2) is 9.69. The molecule has 2 atom stereocenters. The lowest BCUT2D eigenvalue weighted by Gasteiger charge is -2.32. The van der Waals surface area contributed by atoms with E-state index in [0.29, 0.717) is 19.0 Å². The van der Waals surface area contributed by atoms with E-state index in [1.165, 1.54) is 0 Å². The molecule has 0 unspecified atom stereocenters. The predicted octanol–water partition coefficient (Wildman–Crippen LogP) is 2.09. The van der Waals surface area contributed by atoms with Crippen molar-refractivity contribution in [2.24, 2.45) is 0 Å². The zero-order chi connectivity index (χ0) is 25.3. The van der Waals surface area contributed by atoms with E-state index in [-0.39, 0.29) is 11.9 Å². The molecule has 0 saturated carbocycles. The van der Waals surface area contributed by atoms with Crippen LogP contribution in [0.2, 0.25) is 0 Å². The maximum absolute atomic E-state index is 12.9. The Morgan fingerprint density at radius 1 is 1.21 bits per heavy atom. The van der Waals surface area contributed by atoms with Gasteiger partial charge in [-0.3, -0.25) is 4.79 Å². The molecular formula is C23H38BN5O5. The Kier molecular flexibility index (Phi) is 7.47. The molecule has 1 aromatic heterocycles. The fourth-order valence-electron chi connectivity index (χ4n) is 3.87. The number of aromatic nitrogens is 2. The minimum atomic E-state index is -0.675. The molecule has 3 heterocycles. The number of carbonyl (C=O) groups excluding carboxylic acids is 2. The minimum absolute atomic E-state index is 0.0123. The summed E-state index contributed by atoms with van der Waals surface area (Å²) in [6.07, 6.45) is 4.56.